The molecule has 33 heavy (non-hydrogen) atoms. The summed E-state index contributed by atoms with van der Waals surface area (Å²) in [6.07, 6.45) is 3.98. The lowest BCUT2D eigenvalue weighted by Crippen LogP contribution is -2.48. The predicted octanol–water partition coefficient (Wildman–Crippen LogP) is 1.73. The molecule has 9 nitrogen and oxygen atoms in total. The van der Waals surface area contributed by atoms with Gasteiger partial charge in [0.15, 0.2) is 0 Å². The summed E-state index contributed by atoms with van der Waals surface area (Å²) in [7, 11) is 0. The van der Waals surface area contributed by atoms with Gasteiger partial charge in [-0.2, -0.15) is 0 Å². The number of rotatable bonds is 12. The summed E-state index contributed by atoms with van der Waals surface area (Å²) in [6.45, 7) is 5.51. The van der Waals surface area contributed by atoms with Crippen molar-refractivity contribution in [3.63, 3.8) is 0 Å². The molecule has 2 fully saturated rings. The van der Waals surface area contributed by atoms with Gasteiger partial charge in [0.1, 0.15) is 19.7 Å². The molecular weight excluding hydrogens is 424 g/mol. The minimum absolute atomic E-state index is 0.127. The molecule has 2 amide bonds. The van der Waals surface area contributed by atoms with Gasteiger partial charge >= 0.3 is 12.1 Å². The van der Waals surface area contributed by atoms with Gasteiger partial charge in [-0.1, -0.05) is 30.3 Å². The number of carboxylic acids is 1. The Hall–Kier alpha value is -2.65. The third-order valence-electron chi connectivity index (χ3n) is 6.24. The summed E-state index contributed by atoms with van der Waals surface area (Å²) >= 11 is 0. The van der Waals surface area contributed by atoms with E-state index in [4.69, 9.17) is 4.74 Å². The number of nitrogens with zero attached hydrogens (tertiary/aromatic N) is 4. The molecule has 0 aromatic heterocycles. The van der Waals surface area contributed by atoms with Crippen molar-refractivity contribution in [2.75, 3.05) is 65.4 Å². The third-order valence-corrected chi connectivity index (χ3v) is 6.24. The lowest BCUT2D eigenvalue weighted by Gasteiger charge is -2.28. The molecule has 182 valence electrons. The van der Waals surface area contributed by atoms with Crippen molar-refractivity contribution in [2.45, 2.75) is 32.3 Å². The van der Waals surface area contributed by atoms with Gasteiger partial charge in [0.2, 0.25) is 5.91 Å². The number of ether oxygens (including phenoxy) is 1. The van der Waals surface area contributed by atoms with E-state index < -0.39 is 12.1 Å². The van der Waals surface area contributed by atoms with E-state index in [1.165, 1.54) is 9.80 Å². The highest BCUT2D eigenvalue weighted by Gasteiger charge is 2.25. The smallest absolute Gasteiger partial charge is 0.410 e. The molecule has 0 unspecified atom stereocenters. The second kappa shape index (κ2) is 13.2. The first-order valence-corrected chi connectivity index (χ1v) is 11.9. The molecule has 1 aromatic rings. The normalized spacial score (nSPS) is 16.6. The van der Waals surface area contributed by atoms with Crippen LogP contribution in [0, 0.1) is 0 Å². The first kappa shape index (κ1) is 25.0. The predicted molar refractivity (Wildman–Crippen MR) is 124 cm³/mol. The molecule has 1 N–H and O–H groups in total. The number of hydrogen-bond acceptors (Lipinski definition) is 6. The van der Waals surface area contributed by atoms with Crippen LogP contribution < -0.4 is 0 Å². The standard InChI is InChI=1S/C24H36N4O5/c29-22(27(19-23(30)31)16-14-25-10-4-5-11-25)18-28(17-15-26-12-6-7-13-26)24(32)33-20-21-8-2-1-3-9-21/h1-3,8-9H,4-7,10-20H2,(H,30,31). The molecule has 3 rings (SSSR count). The number of amides is 2. The monoisotopic (exact) mass is 460 g/mol. The lowest BCUT2D eigenvalue weighted by molar-refractivity contribution is -0.144. The summed E-state index contributed by atoms with van der Waals surface area (Å²) in [6, 6.07) is 9.40. The highest BCUT2D eigenvalue weighted by atomic mass is 16.6. The maximum Gasteiger partial charge on any atom is 0.410 e. The second-order valence-electron chi connectivity index (χ2n) is 8.77. The molecule has 2 heterocycles. The van der Waals surface area contributed by atoms with Gasteiger partial charge in [-0.05, 0) is 57.4 Å². The Labute approximate surface area is 195 Å². The zero-order valence-electron chi connectivity index (χ0n) is 19.4. The first-order chi connectivity index (χ1) is 16.0. The van der Waals surface area contributed by atoms with Crippen molar-refractivity contribution in [1.29, 1.82) is 0 Å². The molecule has 2 aliphatic heterocycles. The Balaban J connectivity index is 1.59. The van der Waals surface area contributed by atoms with Crippen LogP contribution in [0.2, 0.25) is 0 Å². The molecule has 1 aromatic carbocycles. The van der Waals surface area contributed by atoms with Gasteiger partial charge in [0.05, 0.1) is 0 Å². The van der Waals surface area contributed by atoms with E-state index in [1.807, 2.05) is 30.3 Å². The highest BCUT2D eigenvalue weighted by Crippen LogP contribution is 2.10. The van der Waals surface area contributed by atoms with Crippen LogP contribution in [0.3, 0.4) is 0 Å². The average molecular weight is 461 g/mol. The van der Waals surface area contributed by atoms with E-state index in [0.29, 0.717) is 26.2 Å². The number of carbonyl (C=O) groups is 3. The summed E-state index contributed by atoms with van der Waals surface area (Å²) in [5.41, 5.74) is 0.870. The van der Waals surface area contributed by atoms with Gasteiger partial charge in [-0.15, -0.1) is 0 Å². The van der Waals surface area contributed by atoms with E-state index in [2.05, 4.69) is 9.80 Å². The van der Waals surface area contributed by atoms with Crippen LogP contribution in [0.15, 0.2) is 30.3 Å². The van der Waals surface area contributed by atoms with Crippen LogP contribution >= 0.6 is 0 Å². The Bertz CT molecular complexity index is 763. The summed E-state index contributed by atoms with van der Waals surface area (Å²) in [5.74, 6) is -1.42. The molecule has 2 saturated heterocycles. The van der Waals surface area contributed by atoms with Crippen molar-refractivity contribution < 1.29 is 24.2 Å². The van der Waals surface area contributed by atoms with E-state index in [0.717, 1.165) is 57.4 Å². The van der Waals surface area contributed by atoms with Crippen molar-refractivity contribution in [1.82, 2.24) is 19.6 Å². The van der Waals surface area contributed by atoms with E-state index in [-0.39, 0.29) is 25.6 Å². The Morgan fingerprint density at radius 3 is 1.91 bits per heavy atom. The SMILES string of the molecule is O=C(O)CN(CCN1CCCC1)C(=O)CN(CCN1CCCC1)C(=O)OCc1ccccc1. The van der Waals surface area contributed by atoms with Crippen LogP contribution in [0.5, 0.6) is 0 Å². The van der Waals surface area contributed by atoms with E-state index in [1.54, 1.807) is 0 Å². The van der Waals surface area contributed by atoms with Gasteiger partial charge in [-0.3, -0.25) is 14.5 Å². The Morgan fingerprint density at radius 1 is 0.818 bits per heavy atom. The quantitative estimate of drug-likeness (QED) is 0.508. The molecule has 2 aliphatic rings. The summed E-state index contributed by atoms with van der Waals surface area (Å²) < 4.78 is 5.48. The molecule has 0 spiro atoms. The first-order valence-electron chi connectivity index (χ1n) is 11.9. The van der Waals surface area contributed by atoms with Crippen molar-refractivity contribution in [3.05, 3.63) is 35.9 Å². The van der Waals surface area contributed by atoms with E-state index in [9.17, 15) is 19.5 Å². The fraction of sp³-hybridized carbons (Fsp3) is 0.625. The lowest BCUT2D eigenvalue weighted by atomic mass is 10.2. The molecule has 9 heteroatoms. The maximum atomic E-state index is 13.0. The summed E-state index contributed by atoms with van der Waals surface area (Å²) in [5, 5.41) is 9.31. The van der Waals surface area contributed by atoms with Crippen LogP contribution in [0.1, 0.15) is 31.2 Å². The van der Waals surface area contributed by atoms with Crippen LogP contribution in [-0.2, 0) is 20.9 Å². The zero-order valence-corrected chi connectivity index (χ0v) is 19.4. The van der Waals surface area contributed by atoms with Crippen molar-refractivity contribution in [3.8, 4) is 0 Å². The highest BCUT2D eigenvalue weighted by molar-refractivity contribution is 5.85. The second-order valence-corrected chi connectivity index (χ2v) is 8.77. The minimum atomic E-state index is -1.06. The van der Waals surface area contributed by atoms with Crippen LogP contribution in [0.4, 0.5) is 4.79 Å². The van der Waals surface area contributed by atoms with E-state index >= 15 is 0 Å². The number of benzene rings is 1. The largest absolute Gasteiger partial charge is 0.480 e. The Morgan fingerprint density at radius 2 is 1.36 bits per heavy atom. The average Bonchev–Trinajstić information content (AvgIpc) is 3.52. The van der Waals surface area contributed by atoms with Crippen LogP contribution in [-0.4, -0.2) is 108 Å². The fourth-order valence-electron chi connectivity index (χ4n) is 4.30. The Kier molecular flexibility index (Phi) is 9.96. The number of carboxylic acid groups (broad SMARTS) is 1. The van der Waals surface area contributed by atoms with Gasteiger partial charge in [0.25, 0.3) is 0 Å². The molecule has 0 radical (unpaired) electrons. The van der Waals surface area contributed by atoms with Crippen LogP contribution in [0.25, 0.3) is 0 Å². The topological polar surface area (TPSA) is 93.6 Å². The number of hydrogen-bond donors (Lipinski definition) is 1. The minimum Gasteiger partial charge on any atom is -0.480 e. The number of aliphatic carboxylic acids is 1. The summed E-state index contributed by atoms with van der Waals surface area (Å²) in [4.78, 5) is 44.5. The molecule has 0 atom stereocenters. The molecule has 0 aliphatic carbocycles. The third kappa shape index (κ3) is 8.66. The molecular formula is C24H36N4O5. The number of likely N-dealkylation sites (tertiary alicyclic amines) is 2. The molecule has 0 saturated carbocycles. The number of carbonyl (C=O) groups excluding carboxylic acids is 2. The maximum absolute atomic E-state index is 13.0. The van der Waals surface area contributed by atoms with Crippen molar-refractivity contribution in [2.24, 2.45) is 0 Å². The van der Waals surface area contributed by atoms with Gasteiger partial charge < -0.3 is 24.5 Å². The van der Waals surface area contributed by atoms with Crippen molar-refractivity contribution >= 4 is 18.0 Å². The van der Waals surface area contributed by atoms with Gasteiger partial charge in [0, 0.05) is 26.2 Å². The fourth-order valence-corrected chi connectivity index (χ4v) is 4.30. The zero-order chi connectivity index (χ0) is 23.5. The van der Waals surface area contributed by atoms with Gasteiger partial charge in [-0.25, -0.2) is 4.79 Å². The molecule has 0 bridgehead atoms.